The molecule has 0 saturated heterocycles. The zero-order chi connectivity index (χ0) is 19.0. The van der Waals surface area contributed by atoms with Gasteiger partial charge >= 0.3 is 12.1 Å². The van der Waals surface area contributed by atoms with Crippen LogP contribution in [0.2, 0.25) is 5.02 Å². The van der Waals surface area contributed by atoms with Crippen LogP contribution in [0.3, 0.4) is 0 Å². The Kier molecular flexibility index (Phi) is 4.75. The normalized spacial score (nSPS) is 14.8. The second-order valence-corrected chi connectivity index (χ2v) is 5.50. The fraction of sp³-hybridized carbons (Fsp3) is 0.200. The van der Waals surface area contributed by atoms with Crippen LogP contribution < -0.4 is 0 Å². The summed E-state index contributed by atoms with van der Waals surface area (Å²) < 4.78 is 67.5. The number of nitro groups is 1. The molecular weight excluding hydrogens is 373 g/mol. The van der Waals surface area contributed by atoms with E-state index in [1.807, 2.05) is 0 Å². The van der Waals surface area contributed by atoms with Gasteiger partial charge < -0.3 is 5.11 Å². The first kappa shape index (κ1) is 19.1. The van der Waals surface area contributed by atoms with Crippen LogP contribution in [0, 0.1) is 10.1 Å². The number of aliphatic hydroxyl groups is 1. The van der Waals surface area contributed by atoms with Crippen molar-refractivity contribution in [2.45, 2.75) is 17.7 Å². The number of para-hydroxylation sites is 1. The first-order valence-corrected chi connectivity index (χ1v) is 6.97. The van der Waals surface area contributed by atoms with Crippen molar-refractivity contribution in [3.05, 3.63) is 74.8 Å². The van der Waals surface area contributed by atoms with Crippen LogP contribution in [0.5, 0.6) is 0 Å². The molecule has 0 heterocycles. The number of halogens is 6. The monoisotopic (exact) mass is 381 g/mol. The Morgan fingerprint density at radius 2 is 1.48 bits per heavy atom. The third-order valence-electron chi connectivity index (χ3n) is 3.56. The van der Waals surface area contributed by atoms with Crippen molar-refractivity contribution in [3.63, 3.8) is 0 Å². The third-order valence-corrected chi connectivity index (χ3v) is 3.81. The lowest BCUT2D eigenvalue weighted by Gasteiger charge is -2.37. The lowest BCUT2D eigenvalue weighted by Crippen LogP contribution is -2.55. The van der Waals surface area contributed by atoms with E-state index in [0.29, 0.717) is 6.07 Å². The molecule has 0 aliphatic carbocycles. The summed E-state index contributed by atoms with van der Waals surface area (Å²) in [5.41, 5.74) is -7.19. The summed E-state index contributed by atoms with van der Waals surface area (Å²) >= 11 is 5.59. The van der Waals surface area contributed by atoms with Gasteiger partial charge in [0.2, 0.25) is 0 Å². The summed E-state index contributed by atoms with van der Waals surface area (Å²) in [6.45, 7) is 0. The second-order valence-electron chi connectivity index (χ2n) is 5.06. The summed E-state index contributed by atoms with van der Waals surface area (Å²) in [4.78, 5) is 9.93. The van der Waals surface area contributed by atoms with Gasteiger partial charge in [0, 0.05) is 11.1 Å². The number of nitrogens with zero attached hydrogens (tertiary/aromatic N) is 1. The first-order valence-electron chi connectivity index (χ1n) is 6.59. The standard InChI is InChI=1S/C15H9ClF5NO3/c16-10-7-5-9(6-8-10)13(23,14(17,18)15(19,20)21)11-3-1-2-4-12(11)22(24)25/h1-8,23H. The molecule has 2 aromatic rings. The number of hydrogen-bond acceptors (Lipinski definition) is 3. The molecule has 1 unspecified atom stereocenters. The summed E-state index contributed by atoms with van der Waals surface area (Å²) in [5.74, 6) is -5.72. The van der Waals surface area contributed by atoms with Crippen LogP contribution in [-0.4, -0.2) is 22.1 Å². The predicted molar refractivity (Wildman–Crippen MR) is 78.5 cm³/mol. The fourth-order valence-electron chi connectivity index (χ4n) is 2.34. The number of hydrogen-bond donors (Lipinski definition) is 1. The van der Waals surface area contributed by atoms with E-state index in [-0.39, 0.29) is 5.02 Å². The van der Waals surface area contributed by atoms with Crippen molar-refractivity contribution < 1.29 is 32.0 Å². The molecule has 0 aromatic heterocycles. The van der Waals surface area contributed by atoms with Crippen molar-refractivity contribution in [2.24, 2.45) is 0 Å². The Hall–Kier alpha value is -2.26. The molecule has 0 spiro atoms. The first-order chi connectivity index (χ1) is 11.4. The van der Waals surface area contributed by atoms with Crippen molar-refractivity contribution in [1.29, 1.82) is 0 Å². The molecular formula is C15H9ClF5NO3. The maximum absolute atomic E-state index is 14.3. The maximum Gasteiger partial charge on any atom is 0.457 e. The van der Waals surface area contributed by atoms with Crippen LogP contribution in [0.15, 0.2) is 48.5 Å². The summed E-state index contributed by atoms with van der Waals surface area (Å²) in [6, 6.07) is 6.93. The van der Waals surface area contributed by atoms with Crippen molar-refractivity contribution in [3.8, 4) is 0 Å². The van der Waals surface area contributed by atoms with Gasteiger partial charge in [-0.2, -0.15) is 22.0 Å². The highest BCUT2D eigenvalue weighted by atomic mass is 35.5. The van der Waals surface area contributed by atoms with Gasteiger partial charge in [0.1, 0.15) is 0 Å². The molecule has 0 bridgehead atoms. The Labute approximate surface area is 142 Å². The van der Waals surface area contributed by atoms with Crippen molar-refractivity contribution in [2.75, 3.05) is 0 Å². The molecule has 1 atom stereocenters. The molecule has 0 radical (unpaired) electrons. The smallest absolute Gasteiger partial charge is 0.374 e. The van der Waals surface area contributed by atoms with Gasteiger partial charge in [-0.1, -0.05) is 35.9 Å². The minimum Gasteiger partial charge on any atom is -0.374 e. The van der Waals surface area contributed by atoms with Gasteiger partial charge in [0.25, 0.3) is 5.69 Å². The highest BCUT2D eigenvalue weighted by molar-refractivity contribution is 6.30. The van der Waals surface area contributed by atoms with E-state index in [2.05, 4.69) is 0 Å². The van der Waals surface area contributed by atoms with Gasteiger partial charge in [-0.3, -0.25) is 10.1 Å². The number of nitro benzene ring substituents is 1. The second kappa shape index (κ2) is 6.23. The van der Waals surface area contributed by atoms with Crippen LogP contribution >= 0.6 is 11.6 Å². The number of alkyl halides is 5. The molecule has 2 aromatic carbocycles. The van der Waals surface area contributed by atoms with Crippen LogP contribution in [0.25, 0.3) is 0 Å². The Morgan fingerprint density at radius 3 is 1.96 bits per heavy atom. The summed E-state index contributed by atoms with van der Waals surface area (Å²) in [7, 11) is 0. The van der Waals surface area contributed by atoms with Gasteiger partial charge in [-0.15, -0.1) is 0 Å². The quantitative estimate of drug-likeness (QED) is 0.475. The molecule has 0 aliphatic heterocycles. The molecule has 0 fully saturated rings. The van der Waals surface area contributed by atoms with E-state index < -0.39 is 39.4 Å². The SMILES string of the molecule is O=[N+]([O-])c1ccccc1C(O)(c1ccc(Cl)cc1)C(F)(F)C(F)(F)F. The highest BCUT2D eigenvalue weighted by Crippen LogP contribution is 2.53. The predicted octanol–water partition coefficient (Wildman–Crippen LogP) is 4.68. The van der Waals surface area contributed by atoms with E-state index in [1.54, 1.807) is 0 Å². The van der Waals surface area contributed by atoms with Gasteiger partial charge in [-0.25, -0.2) is 0 Å². The third kappa shape index (κ3) is 3.05. The Bertz CT molecular complexity index is 794. The molecule has 1 N–H and O–H groups in total. The van der Waals surface area contributed by atoms with E-state index in [4.69, 9.17) is 11.6 Å². The van der Waals surface area contributed by atoms with E-state index in [9.17, 15) is 37.2 Å². The minimum atomic E-state index is -6.18. The van der Waals surface area contributed by atoms with E-state index in [1.165, 1.54) is 0 Å². The average Bonchev–Trinajstić information content (AvgIpc) is 2.53. The molecule has 134 valence electrons. The van der Waals surface area contributed by atoms with Gasteiger partial charge in [0.05, 0.1) is 10.5 Å². The molecule has 4 nitrogen and oxygen atoms in total. The zero-order valence-corrected chi connectivity index (χ0v) is 12.9. The summed E-state index contributed by atoms with van der Waals surface area (Å²) in [6.07, 6.45) is -6.18. The Morgan fingerprint density at radius 1 is 0.960 bits per heavy atom. The number of rotatable bonds is 4. The molecule has 0 amide bonds. The fourth-order valence-corrected chi connectivity index (χ4v) is 2.47. The lowest BCUT2D eigenvalue weighted by atomic mass is 9.79. The highest BCUT2D eigenvalue weighted by Gasteiger charge is 2.72. The van der Waals surface area contributed by atoms with Gasteiger partial charge in [-0.05, 0) is 23.8 Å². The maximum atomic E-state index is 14.3. The molecule has 25 heavy (non-hydrogen) atoms. The van der Waals surface area contributed by atoms with Crippen LogP contribution in [-0.2, 0) is 5.60 Å². The lowest BCUT2D eigenvalue weighted by molar-refractivity contribution is -0.389. The van der Waals surface area contributed by atoms with E-state index >= 15 is 0 Å². The molecule has 0 aliphatic rings. The van der Waals surface area contributed by atoms with Crippen LogP contribution in [0.4, 0.5) is 27.6 Å². The van der Waals surface area contributed by atoms with Crippen molar-refractivity contribution in [1.82, 2.24) is 0 Å². The zero-order valence-electron chi connectivity index (χ0n) is 12.1. The molecule has 2 rings (SSSR count). The molecule has 0 saturated carbocycles. The number of benzene rings is 2. The van der Waals surface area contributed by atoms with E-state index in [0.717, 1.165) is 42.5 Å². The largest absolute Gasteiger partial charge is 0.457 e. The molecule has 10 heteroatoms. The average molecular weight is 382 g/mol. The minimum absolute atomic E-state index is 0.0176. The Balaban J connectivity index is 2.88. The van der Waals surface area contributed by atoms with Crippen molar-refractivity contribution >= 4 is 17.3 Å². The van der Waals surface area contributed by atoms with Gasteiger partial charge in [0.15, 0.2) is 5.60 Å². The topological polar surface area (TPSA) is 63.4 Å². The summed E-state index contributed by atoms with van der Waals surface area (Å²) in [5, 5.41) is 21.6. The van der Waals surface area contributed by atoms with Crippen LogP contribution in [0.1, 0.15) is 11.1 Å².